The number of ether oxygens (including phenoxy) is 2. The first kappa shape index (κ1) is 27.7. The van der Waals surface area contributed by atoms with Crippen LogP contribution in [-0.4, -0.2) is 83.3 Å². The van der Waals surface area contributed by atoms with Crippen LogP contribution in [0.5, 0.6) is 0 Å². The molecule has 0 unspecified atom stereocenters. The number of anilines is 1. The smallest absolute Gasteiger partial charge is 0.311 e. The largest absolute Gasteiger partial charge is 0.455 e. The second kappa shape index (κ2) is 12.0. The minimum absolute atomic E-state index is 0.140. The lowest BCUT2D eigenvalue weighted by Gasteiger charge is -2.25. The lowest BCUT2D eigenvalue weighted by atomic mass is 10.2. The molecule has 4 rings (SSSR count). The maximum absolute atomic E-state index is 12.7. The lowest BCUT2D eigenvalue weighted by molar-refractivity contribution is -0.146. The van der Waals surface area contributed by atoms with Crippen LogP contribution in [0, 0.1) is 0 Å². The molecule has 0 atom stereocenters. The summed E-state index contributed by atoms with van der Waals surface area (Å²) in [5.41, 5.74) is 0.370. The molecule has 2 fully saturated rings. The fourth-order valence-electron chi connectivity index (χ4n) is 4.01. The Morgan fingerprint density at radius 2 is 1.51 bits per heavy atom. The summed E-state index contributed by atoms with van der Waals surface area (Å²) in [6, 6.07) is 8.85. The van der Waals surface area contributed by atoms with Gasteiger partial charge in [-0.25, -0.2) is 16.8 Å². The van der Waals surface area contributed by atoms with Gasteiger partial charge in [0.1, 0.15) is 4.21 Å². The van der Waals surface area contributed by atoms with Crippen molar-refractivity contribution in [2.24, 2.45) is 0 Å². The van der Waals surface area contributed by atoms with Crippen molar-refractivity contribution in [1.82, 2.24) is 8.61 Å². The van der Waals surface area contributed by atoms with E-state index in [9.17, 15) is 26.4 Å². The predicted molar refractivity (Wildman–Crippen MR) is 136 cm³/mol. The number of hydrogen-bond acceptors (Lipinski definition) is 9. The Morgan fingerprint density at radius 1 is 0.865 bits per heavy atom. The molecule has 2 aliphatic heterocycles. The topological polar surface area (TPSA) is 139 Å². The average Bonchev–Trinajstić information content (AvgIpc) is 3.38. The molecule has 2 aromatic rings. The fraction of sp³-hybridized carbons (Fsp3) is 0.478. The van der Waals surface area contributed by atoms with E-state index >= 15 is 0 Å². The first-order chi connectivity index (χ1) is 17.7. The number of nitrogens with one attached hydrogen (secondary N) is 1. The van der Waals surface area contributed by atoms with Gasteiger partial charge in [0.05, 0.1) is 24.5 Å². The molecule has 2 saturated heterocycles. The number of morpholine rings is 1. The Hall–Kier alpha value is -2.36. The number of rotatable bonds is 9. The van der Waals surface area contributed by atoms with Crippen LogP contribution in [0.1, 0.15) is 24.1 Å². The number of sulfonamides is 2. The molecular weight excluding hydrogens is 542 g/mol. The van der Waals surface area contributed by atoms with E-state index in [0.29, 0.717) is 36.9 Å². The SMILES string of the molecule is O=C(COC(=O)Cc1ccc(S(=O)(=O)N2CCOCC2)s1)Nc1ccc(S(=O)(=O)N2CCCCC2)cc1. The summed E-state index contributed by atoms with van der Waals surface area (Å²) in [5, 5.41) is 2.56. The molecule has 14 heteroatoms. The molecule has 1 N–H and O–H groups in total. The molecule has 0 saturated carbocycles. The highest BCUT2D eigenvalue weighted by atomic mass is 32.2. The third-order valence-electron chi connectivity index (χ3n) is 5.97. The van der Waals surface area contributed by atoms with Crippen molar-refractivity contribution >= 4 is 48.9 Å². The average molecular weight is 572 g/mol. The number of esters is 1. The van der Waals surface area contributed by atoms with Gasteiger partial charge in [-0.15, -0.1) is 11.3 Å². The van der Waals surface area contributed by atoms with Gasteiger partial charge in [-0.2, -0.15) is 8.61 Å². The first-order valence-corrected chi connectivity index (χ1v) is 15.6. The van der Waals surface area contributed by atoms with Crippen molar-refractivity contribution in [2.45, 2.75) is 34.8 Å². The van der Waals surface area contributed by atoms with Crippen molar-refractivity contribution in [2.75, 3.05) is 51.3 Å². The molecule has 1 aromatic heterocycles. The van der Waals surface area contributed by atoms with Gasteiger partial charge in [-0.05, 0) is 49.2 Å². The van der Waals surface area contributed by atoms with Crippen molar-refractivity contribution < 1.29 is 35.9 Å². The first-order valence-electron chi connectivity index (χ1n) is 11.9. The molecule has 0 aliphatic carbocycles. The van der Waals surface area contributed by atoms with Crippen molar-refractivity contribution in [3.05, 3.63) is 41.3 Å². The Balaban J connectivity index is 1.25. The fourth-order valence-corrected chi connectivity index (χ4v) is 8.43. The summed E-state index contributed by atoms with van der Waals surface area (Å²) >= 11 is 0.988. The predicted octanol–water partition coefficient (Wildman–Crippen LogP) is 1.67. The van der Waals surface area contributed by atoms with Crippen LogP contribution in [0.2, 0.25) is 0 Å². The highest BCUT2D eigenvalue weighted by molar-refractivity contribution is 7.91. The van der Waals surface area contributed by atoms with E-state index in [-0.39, 0.29) is 28.6 Å². The monoisotopic (exact) mass is 571 g/mol. The maximum atomic E-state index is 12.7. The van der Waals surface area contributed by atoms with E-state index < -0.39 is 38.5 Å². The Kier molecular flexibility index (Phi) is 8.98. The molecule has 1 aromatic carbocycles. The quantitative estimate of drug-likeness (QED) is 0.449. The number of piperidine rings is 1. The van der Waals surface area contributed by atoms with Gasteiger partial charge in [-0.1, -0.05) is 6.42 Å². The Labute approximate surface area is 220 Å². The van der Waals surface area contributed by atoms with Crippen molar-refractivity contribution in [3.63, 3.8) is 0 Å². The molecule has 0 spiro atoms. The van der Waals surface area contributed by atoms with Crippen LogP contribution in [0.3, 0.4) is 0 Å². The molecule has 202 valence electrons. The van der Waals surface area contributed by atoms with Crippen LogP contribution in [-0.2, 0) is 45.5 Å². The van der Waals surface area contributed by atoms with Crippen LogP contribution in [0.25, 0.3) is 0 Å². The Morgan fingerprint density at radius 3 is 2.19 bits per heavy atom. The zero-order chi connectivity index (χ0) is 26.5. The minimum Gasteiger partial charge on any atom is -0.455 e. The molecule has 2 aliphatic rings. The second-order valence-electron chi connectivity index (χ2n) is 8.61. The Bertz CT molecular complexity index is 1310. The zero-order valence-corrected chi connectivity index (χ0v) is 22.6. The molecule has 37 heavy (non-hydrogen) atoms. The highest BCUT2D eigenvalue weighted by Gasteiger charge is 2.28. The molecular formula is C23H29N3O8S3. The van der Waals surface area contributed by atoms with Gasteiger partial charge in [-0.3, -0.25) is 9.59 Å². The summed E-state index contributed by atoms with van der Waals surface area (Å²) in [6.45, 7) is 1.72. The second-order valence-corrected chi connectivity index (χ2v) is 13.9. The number of carbonyl (C=O) groups is 2. The van der Waals surface area contributed by atoms with Crippen molar-refractivity contribution in [3.8, 4) is 0 Å². The normalized spacial score (nSPS) is 17.8. The molecule has 0 bridgehead atoms. The van der Waals surface area contributed by atoms with Crippen LogP contribution >= 0.6 is 11.3 Å². The van der Waals surface area contributed by atoms with Crippen LogP contribution in [0.4, 0.5) is 5.69 Å². The molecule has 0 radical (unpaired) electrons. The van der Waals surface area contributed by atoms with Gasteiger partial charge in [0.25, 0.3) is 15.9 Å². The van der Waals surface area contributed by atoms with E-state index in [0.717, 1.165) is 30.6 Å². The standard InChI is InChI=1S/C23H29N3O8S3/c27-21(24-18-4-7-20(8-5-18)36(29,30)25-10-2-1-3-11-25)17-34-22(28)16-19-6-9-23(35-19)37(31,32)26-12-14-33-15-13-26/h4-9H,1-3,10-17H2,(H,24,27). The number of thiophene rings is 1. The van der Waals surface area contributed by atoms with Gasteiger partial charge >= 0.3 is 5.97 Å². The number of hydrogen-bond donors (Lipinski definition) is 1. The summed E-state index contributed by atoms with van der Waals surface area (Å²) in [7, 11) is -7.21. The number of benzene rings is 1. The number of carbonyl (C=O) groups excluding carboxylic acids is 2. The number of nitrogens with zero attached hydrogens (tertiary/aromatic N) is 2. The van der Waals surface area contributed by atoms with E-state index in [1.165, 1.54) is 38.9 Å². The van der Waals surface area contributed by atoms with E-state index in [2.05, 4.69) is 5.32 Å². The van der Waals surface area contributed by atoms with Gasteiger partial charge in [0.2, 0.25) is 10.0 Å². The maximum Gasteiger partial charge on any atom is 0.311 e. The molecule has 3 heterocycles. The highest BCUT2D eigenvalue weighted by Crippen LogP contribution is 2.26. The third kappa shape index (κ3) is 6.94. The van der Waals surface area contributed by atoms with Crippen molar-refractivity contribution in [1.29, 1.82) is 0 Å². The van der Waals surface area contributed by atoms with E-state index in [1.54, 1.807) is 6.07 Å². The van der Waals surface area contributed by atoms with Gasteiger partial charge in [0.15, 0.2) is 6.61 Å². The van der Waals surface area contributed by atoms with Gasteiger partial charge in [0, 0.05) is 36.7 Å². The van der Waals surface area contributed by atoms with E-state index in [4.69, 9.17) is 9.47 Å². The van der Waals surface area contributed by atoms with Gasteiger partial charge < -0.3 is 14.8 Å². The lowest BCUT2D eigenvalue weighted by Crippen LogP contribution is -2.40. The summed E-state index contributed by atoms with van der Waals surface area (Å²) in [5.74, 6) is -1.25. The molecule has 11 nitrogen and oxygen atoms in total. The van der Waals surface area contributed by atoms with Crippen LogP contribution < -0.4 is 5.32 Å². The summed E-state index contributed by atoms with van der Waals surface area (Å²) in [6.07, 6.45) is 2.53. The summed E-state index contributed by atoms with van der Waals surface area (Å²) < 4.78 is 64.0. The molecule has 1 amide bonds. The van der Waals surface area contributed by atoms with E-state index in [1.807, 2.05) is 0 Å². The summed E-state index contributed by atoms with van der Waals surface area (Å²) in [4.78, 5) is 25.1. The zero-order valence-electron chi connectivity index (χ0n) is 20.1. The minimum atomic E-state index is -3.64. The third-order valence-corrected chi connectivity index (χ3v) is 11.3. The van der Waals surface area contributed by atoms with Crippen LogP contribution in [0.15, 0.2) is 45.5 Å². The number of amides is 1.